The van der Waals surface area contributed by atoms with Crippen LogP contribution in [0.25, 0.3) is 0 Å². The van der Waals surface area contributed by atoms with Gasteiger partial charge in [-0.15, -0.1) is 24.0 Å². The molecule has 1 N–H and O–H groups in total. The van der Waals surface area contributed by atoms with Gasteiger partial charge in [0.05, 0.1) is 6.54 Å². The maximum Gasteiger partial charge on any atom is 0.253 e. The maximum atomic E-state index is 12.7. The number of aliphatic imine (C=N–C) groups is 1. The van der Waals surface area contributed by atoms with Crippen molar-refractivity contribution in [3.63, 3.8) is 0 Å². The molecule has 3 rings (SSSR count). The van der Waals surface area contributed by atoms with Crippen molar-refractivity contribution in [1.82, 2.24) is 20.0 Å². The molecule has 1 aliphatic heterocycles. The van der Waals surface area contributed by atoms with E-state index in [2.05, 4.69) is 34.4 Å². The molecular formula is C23H32IN5O. The number of piperazine rings is 1. The number of benzene rings is 2. The molecular weight excluding hydrogens is 489 g/mol. The molecule has 1 saturated heterocycles. The predicted molar refractivity (Wildman–Crippen MR) is 133 cm³/mol. The third-order valence-electron chi connectivity index (χ3n) is 5.12. The van der Waals surface area contributed by atoms with Crippen molar-refractivity contribution in [2.45, 2.75) is 13.1 Å². The highest BCUT2D eigenvalue weighted by Gasteiger charge is 2.20. The van der Waals surface area contributed by atoms with Gasteiger partial charge in [-0.25, -0.2) is 4.99 Å². The summed E-state index contributed by atoms with van der Waals surface area (Å²) in [5.41, 5.74) is 3.05. The van der Waals surface area contributed by atoms with Gasteiger partial charge in [-0.3, -0.25) is 4.79 Å². The second-order valence-electron chi connectivity index (χ2n) is 7.67. The molecule has 0 spiro atoms. The van der Waals surface area contributed by atoms with Gasteiger partial charge >= 0.3 is 0 Å². The monoisotopic (exact) mass is 521 g/mol. The summed E-state index contributed by atoms with van der Waals surface area (Å²) in [4.78, 5) is 23.5. The van der Waals surface area contributed by atoms with Gasteiger partial charge in [0.2, 0.25) is 0 Å². The first kappa shape index (κ1) is 24.1. The van der Waals surface area contributed by atoms with E-state index in [4.69, 9.17) is 0 Å². The Morgan fingerprint density at radius 2 is 1.60 bits per heavy atom. The topological polar surface area (TPSA) is 51.2 Å². The van der Waals surface area contributed by atoms with Gasteiger partial charge in [0.25, 0.3) is 5.91 Å². The summed E-state index contributed by atoms with van der Waals surface area (Å²) in [6.45, 7) is 4.76. The lowest BCUT2D eigenvalue weighted by atomic mass is 10.1. The summed E-state index contributed by atoms with van der Waals surface area (Å²) >= 11 is 0. The van der Waals surface area contributed by atoms with Crippen LogP contribution in [0, 0.1) is 0 Å². The van der Waals surface area contributed by atoms with Gasteiger partial charge in [0, 0.05) is 52.4 Å². The van der Waals surface area contributed by atoms with E-state index >= 15 is 0 Å². The molecule has 30 heavy (non-hydrogen) atoms. The van der Waals surface area contributed by atoms with Crippen molar-refractivity contribution in [3.8, 4) is 0 Å². The van der Waals surface area contributed by atoms with E-state index in [0.717, 1.165) is 43.3 Å². The van der Waals surface area contributed by atoms with Crippen molar-refractivity contribution >= 4 is 35.8 Å². The zero-order chi connectivity index (χ0) is 20.6. The smallest absolute Gasteiger partial charge is 0.253 e. The highest BCUT2D eigenvalue weighted by atomic mass is 127. The van der Waals surface area contributed by atoms with Gasteiger partial charge in [-0.1, -0.05) is 42.5 Å². The number of likely N-dealkylation sites (N-methyl/N-ethyl adjacent to an activating group) is 1. The fourth-order valence-electron chi connectivity index (χ4n) is 3.24. The minimum absolute atomic E-state index is 0. The Labute approximate surface area is 197 Å². The van der Waals surface area contributed by atoms with E-state index in [1.807, 2.05) is 66.4 Å². The Hall–Kier alpha value is -2.13. The number of hydrogen-bond donors (Lipinski definition) is 1. The average Bonchev–Trinajstić information content (AvgIpc) is 2.74. The fraction of sp³-hybridized carbons (Fsp3) is 0.391. The van der Waals surface area contributed by atoms with Crippen molar-refractivity contribution in [3.05, 3.63) is 71.3 Å². The normalized spacial score (nSPS) is 14.8. The highest BCUT2D eigenvalue weighted by Crippen LogP contribution is 2.10. The molecule has 1 amide bonds. The first-order valence-corrected chi connectivity index (χ1v) is 10.1. The first-order chi connectivity index (χ1) is 14.0. The Morgan fingerprint density at radius 1 is 0.967 bits per heavy atom. The lowest BCUT2D eigenvalue weighted by molar-refractivity contribution is 0.0664. The molecule has 162 valence electrons. The van der Waals surface area contributed by atoms with Gasteiger partial charge in [0.15, 0.2) is 5.96 Å². The summed E-state index contributed by atoms with van der Waals surface area (Å²) in [7, 11) is 6.05. The molecule has 0 unspecified atom stereocenters. The van der Waals surface area contributed by atoms with Crippen molar-refractivity contribution in [2.75, 3.05) is 47.3 Å². The lowest BCUT2D eigenvalue weighted by Crippen LogP contribution is -2.47. The van der Waals surface area contributed by atoms with E-state index in [9.17, 15) is 4.79 Å². The zero-order valence-electron chi connectivity index (χ0n) is 18.0. The van der Waals surface area contributed by atoms with Crippen LogP contribution in [-0.2, 0) is 13.1 Å². The maximum absolute atomic E-state index is 12.7. The number of halogens is 1. The zero-order valence-corrected chi connectivity index (χ0v) is 20.4. The van der Waals surface area contributed by atoms with Gasteiger partial charge in [0.1, 0.15) is 0 Å². The molecule has 0 bridgehead atoms. The van der Waals surface area contributed by atoms with E-state index < -0.39 is 0 Å². The van der Waals surface area contributed by atoms with Gasteiger partial charge in [-0.05, 0) is 30.3 Å². The van der Waals surface area contributed by atoms with Crippen LogP contribution in [0.4, 0.5) is 0 Å². The average molecular weight is 521 g/mol. The Bertz CT molecular complexity index is 815. The number of carbonyl (C=O) groups is 1. The number of amides is 1. The molecule has 0 aromatic heterocycles. The summed E-state index contributed by atoms with van der Waals surface area (Å²) < 4.78 is 0. The lowest BCUT2D eigenvalue weighted by Gasteiger charge is -2.32. The standard InChI is InChI=1S/C23H31N5O.HI/c1-26(2)23(24-17-19-7-5-4-6-8-19)25-18-20-9-11-21(12-10-20)22(29)28-15-13-27(3)14-16-28;/h4-12H,13-18H2,1-3H3,(H,24,25);1H. The third kappa shape index (κ3) is 6.98. The van der Waals surface area contributed by atoms with Crippen LogP contribution in [0.2, 0.25) is 0 Å². The van der Waals surface area contributed by atoms with Gasteiger partial charge < -0.3 is 20.0 Å². The number of rotatable bonds is 5. The first-order valence-electron chi connectivity index (χ1n) is 10.1. The van der Waals surface area contributed by atoms with Gasteiger partial charge in [-0.2, -0.15) is 0 Å². The van der Waals surface area contributed by atoms with Crippen molar-refractivity contribution in [2.24, 2.45) is 4.99 Å². The van der Waals surface area contributed by atoms with Crippen LogP contribution in [0.15, 0.2) is 59.6 Å². The molecule has 2 aromatic rings. The van der Waals surface area contributed by atoms with Crippen LogP contribution >= 0.6 is 24.0 Å². The van der Waals surface area contributed by atoms with Crippen LogP contribution < -0.4 is 5.32 Å². The summed E-state index contributed by atoms with van der Waals surface area (Å²) in [5.74, 6) is 0.961. The predicted octanol–water partition coefficient (Wildman–Crippen LogP) is 2.90. The van der Waals surface area contributed by atoms with Crippen LogP contribution in [0.5, 0.6) is 0 Å². The van der Waals surface area contributed by atoms with Crippen molar-refractivity contribution in [1.29, 1.82) is 0 Å². The molecule has 1 heterocycles. The second kappa shape index (κ2) is 11.9. The molecule has 2 aromatic carbocycles. The number of nitrogens with one attached hydrogen (secondary N) is 1. The molecule has 1 aliphatic rings. The second-order valence-corrected chi connectivity index (χ2v) is 7.67. The minimum atomic E-state index is 0. The third-order valence-corrected chi connectivity index (χ3v) is 5.12. The quantitative estimate of drug-likeness (QED) is 0.374. The van der Waals surface area contributed by atoms with Crippen LogP contribution in [0.1, 0.15) is 21.5 Å². The number of nitrogens with zero attached hydrogens (tertiary/aromatic N) is 4. The Morgan fingerprint density at radius 3 is 2.20 bits per heavy atom. The summed E-state index contributed by atoms with van der Waals surface area (Å²) in [6, 6.07) is 18.1. The molecule has 0 atom stereocenters. The molecule has 6 nitrogen and oxygen atoms in total. The van der Waals surface area contributed by atoms with E-state index in [1.165, 1.54) is 5.56 Å². The Balaban J connectivity index is 0.00000320. The Kier molecular flexibility index (Phi) is 9.58. The number of hydrogen-bond acceptors (Lipinski definition) is 3. The molecule has 7 heteroatoms. The van der Waals surface area contributed by atoms with Crippen LogP contribution in [-0.4, -0.2) is 73.9 Å². The largest absolute Gasteiger partial charge is 0.352 e. The molecule has 1 fully saturated rings. The molecule has 0 radical (unpaired) electrons. The van der Waals surface area contributed by atoms with E-state index in [-0.39, 0.29) is 29.9 Å². The van der Waals surface area contributed by atoms with Crippen LogP contribution in [0.3, 0.4) is 0 Å². The van der Waals surface area contributed by atoms with E-state index in [1.54, 1.807) is 0 Å². The minimum Gasteiger partial charge on any atom is -0.352 e. The summed E-state index contributed by atoms with van der Waals surface area (Å²) in [5, 5.41) is 3.40. The number of guanidine groups is 1. The molecule has 0 saturated carbocycles. The fourth-order valence-corrected chi connectivity index (χ4v) is 3.24. The summed E-state index contributed by atoms with van der Waals surface area (Å²) in [6.07, 6.45) is 0. The number of carbonyl (C=O) groups excluding carboxylic acids is 1. The highest BCUT2D eigenvalue weighted by molar-refractivity contribution is 14.0. The molecule has 0 aliphatic carbocycles. The SMILES string of the molecule is CN1CCN(C(=O)c2ccc(CNC(=NCc3ccccc3)N(C)C)cc2)CC1.I. The van der Waals surface area contributed by atoms with Crippen molar-refractivity contribution < 1.29 is 4.79 Å². The van der Waals surface area contributed by atoms with E-state index in [0.29, 0.717) is 13.1 Å².